The van der Waals surface area contributed by atoms with Gasteiger partial charge < -0.3 is 24.2 Å². The molecule has 4 aliphatic rings. The summed E-state index contributed by atoms with van der Waals surface area (Å²) in [6.07, 6.45) is 3.30. The Kier molecular flexibility index (Phi) is 3.69. The Labute approximate surface area is 165 Å². The van der Waals surface area contributed by atoms with Crippen LogP contribution in [-0.2, 0) is 21.4 Å². The fourth-order valence-corrected chi connectivity index (χ4v) is 5.82. The van der Waals surface area contributed by atoms with E-state index in [9.17, 15) is 9.90 Å². The summed E-state index contributed by atoms with van der Waals surface area (Å²) >= 11 is 0. The van der Waals surface area contributed by atoms with Crippen LogP contribution in [0.25, 0.3) is 0 Å². The lowest BCUT2D eigenvalue weighted by atomic mass is 9.50. The molecule has 1 aromatic carbocycles. The first-order chi connectivity index (χ1) is 13.3. The lowest BCUT2D eigenvalue weighted by molar-refractivity contribution is -0.170. The summed E-state index contributed by atoms with van der Waals surface area (Å²) in [5, 5.41) is 12.1. The Morgan fingerprint density at radius 3 is 2.89 bits per heavy atom. The molecule has 4 atom stereocenters. The van der Waals surface area contributed by atoms with Gasteiger partial charge in [0, 0.05) is 18.0 Å². The molecular weight excluding hydrogens is 358 g/mol. The van der Waals surface area contributed by atoms with Gasteiger partial charge in [0.25, 0.3) is 0 Å². The van der Waals surface area contributed by atoms with Crippen molar-refractivity contribution in [2.45, 2.75) is 56.3 Å². The van der Waals surface area contributed by atoms with Crippen molar-refractivity contribution in [2.75, 3.05) is 20.7 Å². The highest BCUT2D eigenvalue weighted by atomic mass is 16.6. The van der Waals surface area contributed by atoms with E-state index in [2.05, 4.69) is 18.0 Å². The smallest absolute Gasteiger partial charge is 0.313 e. The average Bonchev–Trinajstić information content (AvgIpc) is 3.02. The second kappa shape index (κ2) is 5.74. The molecule has 150 valence electrons. The topological polar surface area (TPSA) is 68.2 Å². The zero-order chi connectivity index (χ0) is 19.8. The summed E-state index contributed by atoms with van der Waals surface area (Å²) in [6, 6.07) is 4.03. The molecule has 2 aliphatic heterocycles. The molecule has 2 heterocycles. The second-order valence-corrected chi connectivity index (χ2v) is 8.86. The number of methoxy groups -OCH3 is 1. The van der Waals surface area contributed by atoms with Gasteiger partial charge in [0.15, 0.2) is 17.6 Å². The van der Waals surface area contributed by atoms with Crippen molar-refractivity contribution < 1.29 is 24.1 Å². The number of hydrogen-bond donors (Lipinski definition) is 1. The number of ether oxygens (including phenoxy) is 3. The van der Waals surface area contributed by atoms with Crippen LogP contribution in [0.3, 0.4) is 0 Å². The molecule has 0 saturated carbocycles. The number of hydrogen-bond acceptors (Lipinski definition) is 6. The van der Waals surface area contributed by atoms with Crippen LogP contribution in [0.5, 0.6) is 11.5 Å². The van der Waals surface area contributed by atoms with Crippen molar-refractivity contribution in [3.8, 4) is 11.5 Å². The van der Waals surface area contributed by atoms with Crippen LogP contribution in [0, 0.1) is 5.92 Å². The average molecular weight is 385 g/mol. The summed E-state index contributed by atoms with van der Waals surface area (Å²) in [7, 11) is 3.71. The molecule has 1 aromatic rings. The molecule has 0 unspecified atom stereocenters. The summed E-state index contributed by atoms with van der Waals surface area (Å²) in [5.41, 5.74) is 0.650. The number of aliphatic hydroxyl groups is 1. The Morgan fingerprint density at radius 2 is 2.18 bits per heavy atom. The van der Waals surface area contributed by atoms with Crippen LogP contribution in [0.2, 0.25) is 0 Å². The van der Waals surface area contributed by atoms with Crippen molar-refractivity contribution >= 4 is 5.97 Å². The third-order valence-electron chi connectivity index (χ3n) is 7.25. The van der Waals surface area contributed by atoms with E-state index in [1.807, 2.05) is 26.0 Å². The Bertz CT molecular complexity index is 893. The number of nitrogens with zero attached hydrogens (tertiary/aromatic N) is 1. The van der Waals surface area contributed by atoms with Crippen molar-refractivity contribution in [1.82, 2.24) is 4.90 Å². The molecule has 0 aromatic heterocycles. The van der Waals surface area contributed by atoms with Crippen LogP contribution in [-0.4, -0.2) is 54.4 Å². The minimum Gasteiger partial charge on any atom is -0.493 e. The molecule has 1 fully saturated rings. The fourth-order valence-electron chi connectivity index (χ4n) is 5.82. The molecule has 28 heavy (non-hydrogen) atoms. The maximum absolute atomic E-state index is 12.3. The summed E-state index contributed by atoms with van der Waals surface area (Å²) in [6.45, 7) is 4.49. The predicted octanol–water partition coefficient (Wildman–Crippen LogP) is 2.17. The van der Waals surface area contributed by atoms with Crippen molar-refractivity contribution in [3.63, 3.8) is 0 Å². The largest absolute Gasteiger partial charge is 0.493 e. The Hall–Kier alpha value is -2.05. The van der Waals surface area contributed by atoms with Gasteiger partial charge in [-0.1, -0.05) is 19.9 Å². The molecule has 2 bridgehead atoms. The number of esters is 1. The molecule has 0 radical (unpaired) electrons. The normalized spacial score (nSPS) is 35.1. The maximum atomic E-state index is 12.3. The molecule has 0 amide bonds. The van der Waals surface area contributed by atoms with Gasteiger partial charge in [0.2, 0.25) is 0 Å². The van der Waals surface area contributed by atoms with Crippen LogP contribution in [0.4, 0.5) is 0 Å². The number of benzene rings is 1. The second-order valence-electron chi connectivity index (χ2n) is 8.86. The van der Waals surface area contributed by atoms with E-state index in [4.69, 9.17) is 14.2 Å². The summed E-state index contributed by atoms with van der Waals surface area (Å²) < 4.78 is 17.8. The van der Waals surface area contributed by atoms with Crippen molar-refractivity contribution in [3.05, 3.63) is 35.1 Å². The minimum atomic E-state index is -0.969. The number of carbonyl (C=O) groups is 1. The molecule has 6 heteroatoms. The van der Waals surface area contributed by atoms with Gasteiger partial charge in [-0.05, 0) is 44.1 Å². The number of likely N-dealkylation sites (tertiary alicyclic amines) is 1. The van der Waals surface area contributed by atoms with E-state index in [1.54, 1.807) is 7.11 Å². The highest BCUT2D eigenvalue weighted by Crippen LogP contribution is 2.65. The molecule has 1 spiro atoms. The van der Waals surface area contributed by atoms with Crippen LogP contribution >= 0.6 is 0 Å². The van der Waals surface area contributed by atoms with Gasteiger partial charge in [-0.15, -0.1) is 0 Å². The van der Waals surface area contributed by atoms with Gasteiger partial charge in [-0.25, -0.2) is 0 Å². The summed E-state index contributed by atoms with van der Waals surface area (Å²) in [5.74, 6) is 1.37. The first-order valence-electron chi connectivity index (χ1n) is 10.0. The first-order valence-corrected chi connectivity index (χ1v) is 10.0. The first kappa shape index (κ1) is 18.0. The lowest BCUT2D eigenvalue weighted by Gasteiger charge is -2.61. The van der Waals surface area contributed by atoms with Crippen molar-refractivity contribution in [1.29, 1.82) is 0 Å². The van der Waals surface area contributed by atoms with E-state index in [-0.39, 0.29) is 17.9 Å². The number of piperidine rings is 1. The van der Waals surface area contributed by atoms with Crippen molar-refractivity contribution in [2.24, 2.45) is 5.92 Å². The lowest BCUT2D eigenvalue weighted by Crippen LogP contribution is -2.74. The number of carbonyl (C=O) groups excluding carboxylic acids is 1. The number of rotatable bonds is 3. The number of likely N-dealkylation sites (N-methyl/N-ethyl adjacent to an activating group) is 1. The molecule has 1 saturated heterocycles. The van der Waals surface area contributed by atoms with E-state index >= 15 is 0 Å². The fraction of sp³-hybridized carbons (Fsp3) is 0.591. The molecule has 6 nitrogen and oxygen atoms in total. The zero-order valence-electron chi connectivity index (χ0n) is 16.8. The van der Waals surface area contributed by atoms with Gasteiger partial charge in [-0.3, -0.25) is 4.79 Å². The van der Waals surface area contributed by atoms with Crippen LogP contribution in [0.1, 0.15) is 37.8 Å². The van der Waals surface area contributed by atoms with Crippen LogP contribution < -0.4 is 9.47 Å². The van der Waals surface area contributed by atoms with Gasteiger partial charge >= 0.3 is 5.97 Å². The van der Waals surface area contributed by atoms with Gasteiger partial charge in [0.05, 0.1) is 24.0 Å². The SMILES string of the molecule is COc1ccc2c3c1O[C@H]1C(OC(=O)C(C)C)=CC[C@@]4(O)[C@@H](C2)N(C)CC[C@]314. The summed E-state index contributed by atoms with van der Waals surface area (Å²) in [4.78, 5) is 14.6. The maximum Gasteiger partial charge on any atom is 0.313 e. The van der Waals surface area contributed by atoms with E-state index in [0.29, 0.717) is 23.7 Å². The van der Waals surface area contributed by atoms with E-state index in [1.165, 1.54) is 5.56 Å². The van der Waals surface area contributed by atoms with E-state index < -0.39 is 17.1 Å². The standard InChI is InChI=1S/C22H27NO5/c1-12(2)20(24)27-15-7-8-22(25)16-11-13-5-6-14(26-4)18-17(13)21(22,19(15)28-18)9-10-23(16)3/h5-7,12,16,19,25H,8-11H2,1-4H3/t16-,19+,21+,22-/m1/s1. The molecule has 5 rings (SSSR count). The Morgan fingerprint density at radius 1 is 1.39 bits per heavy atom. The van der Waals surface area contributed by atoms with Gasteiger partial charge in [-0.2, -0.15) is 0 Å². The zero-order valence-corrected chi connectivity index (χ0v) is 16.8. The molecule has 2 aliphatic carbocycles. The third kappa shape index (κ3) is 1.97. The quantitative estimate of drug-likeness (QED) is 0.805. The predicted molar refractivity (Wildman–Crippen MR) is 102 cm³/mol. The van der Waals surface area contributed by atoms with Crippen LogP contribution in [0.15, 0.2) is 24.0 Å². The Balaban J connectivity index is 1.72. The van der Waals surface area contributed by atoms with Gasteiger partial charge in [0.1, 0.15) is 5.76 Å². The molecule has 1 N–H and O–H groups in total. The highest BCUT2D eigenvalue weighted by Gasteiger charge is 2.72. The van der Waals surface area contributed by atoms with E-state index in [0.717, 1.165) is 24.9 Å². The molecular formula is C22H27NO5. The highest BCUT2D eigenvalue weighted by molar-refractivity contribution is 5.73. The third-order valence-corrected chi connectivity index (χ3v) is 7.25. The minimum absolute atomic E-state index is 0.00204. The monoisotopic (exact) mass is 385 g/mol.